The van der Waals surface area contributed by atoms with Gasteiger partial charge in [-0.05, 0) is 30.9 Å². The largest absolute Gasteiger partial charge is 0.342 e. The van der Waals surface area contributed by atoms with Crippen LogP contribution in [-0.4, -0.2) is 84.3 Å². The van der Waals surface area contributed by atoms with Gasteiger partial charge in [-0.25, -0.2) is 0 Å². The topological polar surface area (TPSA) is 73.0 Å². The average molecular weight is 435 g/mol. The molecule has 0 aliphatic carbocycles. The van der Waals surface area contributed by atoms with Crippen molar-refractivity contribution in [3.8, 4) is 0 Å². The molecular formula is C22H31ClN4O3. The van der Waals surface area contributed by atoms with Crippen LogP contribution in [-0.2, 0) is 9.59 Å². The highest BCUT2D eigenvalue weighted by molar-refractivity contribution is 6.33. The van der Waals surface area contributed by atoms with Crippen LogP contribution < -0.4 is 5.32 Å². The molecule has 3 rings (SSSR count). The summed E-state index contributed by atoms with van der Waals surface area (Å²) in [6.07, 6.45) is 2.18. The van der Waals surface area contributed by atoms with Gasteiger partial charge in [-0.3, -0.25) is 19.3 Å². The Bertz CT molecular complexity index is 771. The van der Waals surface area contributed by atoms with Crippen molar-refractivity contribution in [1.29, 1.82) is 0 Å². The first-order chi connectivity index (χ1) is 14.4. The number of piperazine rings is 1. The van der Waals surface area contributed by atoms with Gasteiger partial charge in [0.05, 0.1) is 17.1 Å². The van der Waals surface area contributed by atoms with E-state index >= 15 is 0 Å². The van der Waals surface area contributed by atoms with E-state index < -0.39 is 6.04 Å². The fourth-order valence-corrected chi connectivity index (χ4v) is 4.18. The molecule has 164 valence electrons. The van der Waals surface area contributed by atoms with E-state index in [2.05, 4.69) is 10.2 Å². The number of benzene rings is 1. The molecule has 2 aliphatic heterocycles. The first-order valence-corrected chi connectivity index (χ1v) is 11.1. The second-order valence-corrected chi connectivity index (χ2v) is 8.77. The van der Waals surface area contributed by atoms with Crippen LogP contribution in [0.25, 0.3) is 0 Å². The summed E-state index contributed by atoms with van der Waals surface area (Å²) in [4.78, 5) is 43.9. The normalized spacial score (nSPS) is 18.5. The molecular weight excluding hydrogens is 404 g/mol. The Morgan fingerprint density at radius 3 is 2.20 bits per heavy atom. The lowest BCUT2D eigenvalue weighted by molar-refractivity contribution is -0.137. The Balaban J connectivity index is 1.54. The number of carbonyl (C=O) groups excluding carboxylic acids is 3. The first kappa shape index (κ1) is 22.6. The SMILES string of the molecule is CC(C)C(NC(=O)c1ccccc1Cl)C(=O)N1CCN(CC(=O)N2CCCC2)CC1. The van der Waals surface area contributed by atoms with Gasteiger partial charge in [0.15, 0.2) is 0 Å². The second kappa shape index (κ2) is 10.3. The molecule has 1 aromatic carbocycles. The lowest BCUT2D eigenvalue weighted by Crippen LogP contribution is -2.57. The van der Waals surface area contributed by atoms with Gasteiger partial charge in [-0.15, -0.1) is 0 Å². The summed E-state index contributed by atoms with van der Waals surface area (Å²) in [6, 6.07) is 6.20. The molecule has 7 nitrogen and oxygen atoms in total. The number of rotatable bonds is 6. The van der Waals surface area contributed by atoms with E-state index in [9.17, 15) is 14.4 Å². The molecule has 0 saturated carbocycles. The van der Waals surface area contributed by atoms with Crippen LogP contribution in [0.1, 0.15) is 37.0 Å². The zero-order valence-corrected chi connectivity index (χ0v) is 18.5. The molecule has 1 N–H and O–H groups in total. The molecule has 3 amide bonds. The highest BCUT2D eigenvalue weighted by Crippen LogP contribution is 2.17. The fraction of sp³-hybridized carbons (Fsp3) is 0.591. The van der Waals surface area contributed by atoms with Gasteiger partial charge in [0, 0.05) is 39.3 Å². The summed E-state index contributed by atoms with van der Waals surface area (Å²) in [7, 11) is 0. The molecule has 0 radical (unpaired) electrons. The van der Waals surface area contributed by atoms with Gasteiger partial charge < -0.3 is 15.1 Å². The second-order valence-electron chi connectivity index (χ2n) is 8.36. The van der Waals surface area contributed by atoms with E-state index in [1.807, 2.05) is 18.7 Å². The molecule has 2 heterocycles. The highest BCUT2D eigenvalue weighted by atomic mass is 35.5. The van der Waals surface area contributed by atoms with Crippen molar-refractivity contribution in [2.24, 2.45) is 5.92 Å². The number of nitrogens with one attached hydrogen (secondary N) is 1. The molecule has 0 bridgehead atoms. The Hall–Kier alpha value is -2.12. The minimum Gasteiger partial charge on any atom is -0.342 e. The van der Waals surface area contributed by atoms with Gasteiger partial charge in [0.25, 0.3) is 5.91 Å². The van der Waals surface area contributed by atoms with Crippen molar-refractivity contribution in [1.82, 2.24) is 20.0 Å². The monoisotopic (exact) mass is 434 g/mol. The molecule has 1 aromatic rings. The molecule has 1 atom stereocenters. The smallest absolute Gasteiger partial charge is 0.253 e. The lowest BCUT2D eigenvalue weighted by Gasteiger charge is -2.37. The van der Waals surface area contributed by atoms with E-state index in [0.29, 0.717) is 43.3 Å². The van der Waals surface area contributed by atoms with Gasteiger partial charge in [0.2, 0.25) is 11.8 Å². The Kier molecular flexibility index (Phi) is 7.72. The predicted octanol–water partition coefficient (Wildman–Crippen LogP) is 1.86. The van der Waals surface area contributed by atoms with Crippen LogP contribution in [0.4, 0.5) is 0 Å². The van der Waals surface area contributed by atoms with Gasteiger partial charge in [-0.2, -0.15) is 0 Å². The summed E-state index contributed by atoms with van der Waals surface area (Å²) in [5.74, 6) is -0.309. The Labute approximate surface area is 183 Å². The number of likely N-dealkylation sites (tertiary alicyclic amines) is 1. The fourth-order valence-electron chi connectivity index (χ4n) is 3.96. The maximum atomic E-state index is 13.1. The maximum Gasteiger partial charge on any atom is 0.253 e. The minimum atomic E-state index is -0.619. The van der Waals surface area contributed by atoms with E-state index in [1.165, 1.54) is 0 Å². The maximum absolute atomic E-state index is 13.1. The summed E-state index contributed by atoms with van der Waals surface area (Å²) in [5, 5.41) is 3.22. The quantitative estimate of drug-likeness (QED) is 0.741. The van der Waals surface area contributed by atoms with Crippen LogP contribution in [0.5, 0.6) is 0 Å². The van der Waals surface area contributed by atoms with Crippen LogP contribution in [0.3, 0.4) is 0 Å². The number of nitrogens with zero attached hydrogens (tertiary/aromatic N) is 3. The van der Waals surface area contributed by atoms with Crippen molar-refractivity contribution in [2.45, 2.75) is 32.7 Å². The zero-order valence-electron chi connectivity index (χ0n) is 17.8. The standard InChI is InChI=1S/C22H31ClN4O3/c1-16(2)20(24-21(29)17-7-3-4-8-18(17)23)22(30)27-13-11-25(12-14-27)15-19(28)26-9-5-6-10-26/h3-4,7-8,16,20H,5-6,9-15H2,1-2H3,(H,24,29). The first-order valence-electron chi connectivity index (χ1n) is 10.7. The number of hydrogen-bond donors (Lipinski definition) is 1. The highest BCUT2D eigenvalue weighted by Gasteiger charge is 2.32. The molecule has 2 aliphatic rings. The average Bonchev–Trinajstić information content (AvgIpc) is 3.27. The van der Waals surface area contributed by atoms with E-state index in [-0.39, 0.29) is 23.6 Å². The third-order valence-corrected chi connectivity index (χ3v) is 6.17. The number of carbonyl (C=O) groups is 3. The van der Waals surface area contributed by atoms with Crippen LogP contribution in [0, 0.1) is 5.92 Å². The van der Waals surface area contributed by atoms with Crippen LogP contribution >= 0.6 is 11.6 Å². The number of amides is 3. The summed E-state index contributed by atoms with van der Waals surface area (Å²) in [5.41, 5.74) is 0.364. The molecule has 2 fully saturated rings. The third kappa shape index (κ3) is 5.52. The molecule has 2 saturated heterocycles. The Morgan fingerprint density at radius 1 is 0.967 bits per heavy atom. The summed E-state index contributed by atoms with van der Waals surface area (Å²) in [6.45, 7) is 8.40. The zero-order chi connectivity index (χ0) is 21.7. The van der Waals surface area contributed by atoms with Crippen molar-refractivity contribution in [2.75, 3.05) is 45.8 Å². The molecule has 30 heavy (non-hydrogen) atoms. The third-order valence-electron chi connectivity index (χ3n) is 5.84. The number of halogens is 1. The molecule has 8 heteroatoms. The van der Waals surface area contributed by atoms with Crippen molar-refractivity contribution >= 4 is 29.3 Å². The van der Waals surface area contributed by atoms with Crippen molar-refractivity contribution in [3.05, 3.63) is 34.9 Å². The molecule has 0 aromatic heterocycles. The summed E-state index contributed by atoms with van der Waals surface area (Å²) >= 11 is 6.12. The predicted molar refractivity (Wildman–Crippen MR) is 116 cm³/mol. The van der Waals surface area contributed by atoms with Crippen LogP contribution in [0.2, 0.25) is 5.02 Å². The molecule has 0 spiro atoms. The molecule has 1 unspecified atom stereocenters. The lowest BCUT2D eigenvalue weighted by atomic mass is 10.0. The summed E-state index contributed by atoms with van der Waals surface area (Å²) < 4.78 is 0. The Morgan fingerprint density at radius 2 is 1.60 bits per heavy atom. The van der Waals surface area contributed by atoms with Crippen LogP contribution in [0.15, 0.2) is 24.3 Å². The van der Waals surface area contributed by atoms with E-state index in [0.717, 1.165) is 25.9 Å². The van der Waals surface area contributed by atoms with Crippen molar-refractivity contribution < 1.29 is 14.4 Å². The van der Waals surface area contributed by atoms with Gasteiger partial charge in [0.1, 0.15) is 6.04 Å². The van der Waals surface area contributed by atoms with Gasteiger partial charge >= 0.3 is 0 Å². The van der Waals surface area contributed by atoms with Gasteiger partial charge in [-0.1, -0.05) is 37.6 Å². The minimum absolute atomic E-state index is 0.0567. The van der Waals surface area contributed by atoms with E-state index in [1.54, 1.807) is 29.2 Å². The number of hydrogen-bond acceptors (Lipinski definition) is 4. The van der Waals surface area contributed by atoms with E-state index in [4.69, 9.17) is 11.6 Å². The van der Waals surface area contributed by atoms with Crippen molar-refractivity contribution in [3.63, 3.8) is 0 Å².